The predicted molar refractivity (Wildman–Crippen MR) is 91.9 cm³/mol. The average Bonchev–Trinajstić information content (AvgIpc) is 3.33. The van der Waals surface area contributed by atoms with Crippen LogP contribution in [0.25, 0.3) is 10.9 Å². The minimum Gasteiger partial charge on any atom is -0.360 e. The number of aromatic nitrogens is 2. The molecule has 7 heteroatoms. The summed E-state index contributed by atoms with van der Waals surface area (Å²) < 4.78 is 4.93. The summed E-state index contributed by atoms with van der Waals surface area (Å²) in [5.74, 6) is 0.203. The van der Waals surface area contributed by atoms with Crippen molar-refractivity contribution >= 4 is 34.2 Å². The van der Waals surface area contributed by atoms with Gasteiger partial charge in [0.25, 0.3) is 0 Å². The van der Waals surface area contributed by atoms with E-state index in [4.69, 9.17) is 4.52 Å². The van der Waals surface area contributed by atoms with Crippen LogP contribution in [-0.2, 0) is 9.59 Å². The van der Waals surface area contributed by atoms with Crippen LogP contribution >= 0.6 is 0 Å². The van der Waals surface area contributed by atoms with Crippen molar-refractivity contribution in [3.8, 4) is 0 Å². The van der Waals surface area contributed by atoms with E-state index >= 15 is 0 Å². The molecule has 0 atom stereocenters. The molecule has 2 N–H and O–H groups in total. The van der Waals surface area contributed by atoms with E-state index in [2.05, 4.69) is 20.8 Å². The highest BCUT2D eigenvalue weighted by molar-refractivity contribution is 6.17. The number of hydrogen-bond acceptors (Lipinski definition) is 5. The predicted octanol–water partition coefficient (Wildman–Crippen LogP) is 2.89. The van der Waals surface area contributed by atoms with E-state index in [1.54, 1.807) is 25.3 Å². The van der Waals surface area contributed by atoms with Gasteiger partial charge in [-0.15, -0.1) is 0 Å². The molecule has 0 radical (unpaired) electrons. The van der Waals surface area contributed by atoms with Crippen LogP contribution in [0.4, 0.5) is 11.5 Å². The summed E-state index contributed by atoms with van der Waals surface area (Å²) in [6.07, 6.45) is 2.67. The Kier molecular flexibility index (Phi) is 3.49. The molecule has 0 bridgehead atoms. The highest BCUT2D eigenvalue weighted by Crippen LogP contribution is 2.47. The molecule has 3 aromatic rings. The summed E-state index contributed by atoms with van der Waals surface area (Å²) in [5.41, 5.74) is 0.227. The Balaban J connectivity index is 1.54. The summed E-state index contributed by atoms with van der Waals surface area (Å²) in [5, 5.41) is 10.2. The van der Waals surface area contributed by atoms with Gasteiger partial charge >= 0.3 is 0 Å². The van der Waals surface area contributed by atoms with Crippen molar-refractivity contribution in [2.75, 3.05) is 10.6 Å². The third kappa shape index (κ3) is 2.73. The third-order valence-corrected chi connectivity index (χ3v) is 4.37. The maximum Gasteiger partial charge on any atom is 0.241 e. The molecule has 1 fully saturated rings. The number of benzene rings is 1. The lowest BCUT2D eigenvalue weighted by Gasteiger charge is -2.15. The van der Waals surface area contributed by atoms with E-state index in [-0.39, 0.29) is 11.8 Å². The van der Waals surface area contributed by atoms with Crippen LogP contribution in [0.15, 0.2) is 47.1 Å². The largest absolute Gasteiger partial charge is 0.360 e. The first-order valence-corrected chi connectivity index (χ1v) is 7.98. The number of para-hydroxylation sites is 1. The Morgan fingerprint density at radius 1 is 1.12 bits per heavy atom. The maximum atomic E-state index is 12.7. The smallest absolute Gasteiger partial charge is 0.241 e. The fourth-order valence-corrected chi connectivity index (χ4v) is 2.79. The highest BCUT2D eigenvalue weighted by atomic mass is 16.5. The first-order valence-electron chi connectivity index (χ1n) is 7.98. The Morgan fingerprint density at radius 2 is 1.88 bits per heavy atom. The molecule has 2 amide bonds. The molecule has 2 aromatic heterocycles. The maximum absolute atomic E-state index is 12.7. The van der Waals surface area contributed by atoms with Gasteiger partial charge in [0.15, 0.2) is 5.82 Å². The lowest BCUT2D eigenvalue weighted by atomic mass is 10.0. The molecule has 0 aliphatic heterocycles. The quantitative estimate of drug-likeness (QED) is 0.714. The van der Waals surface area contributed by atoms with Gasteiger partial charge in [0.05, 0.1) is 11.2 Å². The molecule has 1 saturated carbocycles. The van der Waals surface area contributed by atoms with Crippen LogP contribution in [-0.4, -0.2) is 22.0 Å². The van der Waals surface area contributed by atoms with E-state index in [1.807, 2.05) is 24.3 Å². The number of anilines is 2. The molecule has 1 aliphatic rings. The number of carbonyl (C=O) groups is 2. The standard InChI is InChI=1S/C18H16N4O3/c1-11-10-14(22-25-11)21-17(24)18(7-8-18)16(23)20-13-6-2-4-12-5-3-9-19-15(12)13/h2-6,9-10H,7-8H2,1H3,(H,20,23)(H,21,22,24). The van der Waals surface area contributed by atoms with Gasteiger partial charge in [-0.25, -0.2) is 0 Å². The van der Waals surface area contributed by atoms with E-state index in [0.717, 1.165) is 5.39 Å². The molecule has 2 heterocycles. The fourth-order valence-electron chi connectivity index (χ4n) is 2.79. The molecule has 25 heavy (non-hydrogen) atoms. The number of hydrogen-bond donors (Lipinski definition) is 2. The van der Waals surface area contributed by atoms with Crippen LogP contribution < -0.4 is 10.6 Å². The summed E-state index contributed by atoms with van der Waals surface area (Å²) >= 11 is 0. The van der Waals surface area contributed by atoms with Gasteiger partial charge in [-0.2, -0.15) is 0 Å². The molecular weight excluding hydrogens is 320 g/mol. The van der Waals surface area contributed by atoms with Gasteiger partial charge in [-0.3, -0.25) is 14.6 Å². The van der Waals surface area contributed by atoms with Crippen molar-refractivity contribution in [1.29, 1.82) is 0 Å². The summed E-state index contributed by atoms with van der Waals surface area (Å²) in [6.45, 7) is 1.73. The number of nitrogens with zero attached hydrogens (tertiary/aromatic N) is 2. The van der Waals surface area contributed by atoms with Gasteiger partial charge in [0.2, 0.25) is 11.8 Å². The van der Waals surface area contributed by atoms with Crippen LogP contribution in [0.1, 0.15) is 18.6 Å². The minimum atomic E-state index is -1.07. The molecule has 126 valence electrons. The minimum absolute atomic E-state index is 0.313. The molecule has 0 spiro atoms. The van der Waals surface area contributed by atoms with Crippen molar-refractivity contribution in [3.05, 3.63) is 48.4 Å². The topological polar surface area (TPSA) is 97.1 Å². The molecule has 0 saturated heterocycles. The van der Waals surface area contributed by atoms with Crippen molar-refractivity contribution in [2.45, 2.75) is 19.8 Å². The van der Waals surface area contributed by atoms with Crippen LogP contribution in [0, 0.1) is 12.3 Å². The number of nitrogens with one attached hydrogen (secondary N) is 2. The van der Waals surface area contributed by atoms with E-state index in [0.29, 0.717) is 35.6 Å². The van der Waals surface area contributed by atoms with Gasteiger partial charge in [0, 0.05) is 17.6 Å². The Bertz CT molecular complexity index is 970. The Labute approximate surface area is 143 Å². The summed E-state index contributed by atoms with van der Waals surface area (Å²) in [7, 11) is 0. The zero-order valence-corrected chi connectivity index (χ0v) is 13.6. The van der Waals surface area contributed by atoms with Crippen LogP contribution in [0.2, 0.25) is 0 Å². The summed E-state index contributed by atoms with van der Waals surface area (Å²) in [6, 6.07) is 10.9. The number of aryl methyl sites for hydroxylation is 1. The molecular formula is C18H16N4O3. The lowest BCUT2D eigenvalue weighted by Crippen LogP contribution is -2.35. The van der Waals surface area contributed by atoms with Crippen LogP contribution in [0.3, 0.4) is 0 Å². The zero-order chi connectivity index (χ0) is 17.4. The molecule has 4 rings (SSSR count). The summed E-state index contributed by atoms with van der Waals surface area (Å²) in [4.78, 5) is 29.6. The second-order valence-corrected chi connectivity index (χ2v) is 6.19. The number of carbonyl (C=O) groups excluding carboxylic acids is 2. The monoisotopic (exact) mass is 336 g/mol. The molecule has 7 nitrogen and oxygen atoms in total. The van der Waals surface area contributed by atoms with Crippen molar-refractivity contribution < 1.29 is 14.1 Å². The van der Waals surface area contributed by atoms with Gasteiger partial charge in [-0.1, -0.05) is 23.4 Å². The highest BCUT2D eigenvalue weighted by Gasteiger charge is 2.56. The van der Waals surface area contributed by atoms with Gasteiger partial charge < -0.3 is 15.2 Å². The van der Waals surface area contributed by atoms with E-state index < -0.39 is 5.41 Å². The first kappa shape index (κ1) is 15.3. The normalized spacial score (nSPS) is 14.9. The van der Waals surface area contributed by atoms with E-state index in [1.165, 1.54) is 0 Å². The third-order valence-electron chi connectivity index (χ3n) is 4.37. The van der Waals surface area contributed by atoms with Gasteiger partial charge in [0.1, 0.15) is 11.2 Å². The molecule has 1 aromatic carbocycles. The Hall–Kier alpha value is -3.22. The number of amides is 2. The number of fused-ring (bicyclic) bond motifs is 1. The second-order valence-electron chi connectivity index (χ2n) is 6.19. The number of pyridine rings is 1. The van der Waals surface area contributed by atoms with Crippen LogP contribution in [0.5, 0.6) is 0 Å². The average molecular weight is 336 g/mol. The fraction of sp³-hybridized carbons (Fsp3) is 0.222. The number of rotatable bonds is 4. The zero-order valence-electron chi connectivity index (χ0n) is 13.6. The van der Waals surface area contributed by atoms with E-state index in [9.17, 15) is 9.59 Å². The Morgan fingerprint density at radius 3 is 2.60 bits per heavy atom. The van der Waals surface area contributed by atoms with Crippen molar-refractivity contribution in [3.63, 3.8) is 0 Å². The molecule has 0 unspecified atom stereocenters. The van der Waals surface area contributed by atoms with Crippen molar-refractivity contribution in [2.24, 2.45) is 5.41 Å². The molecule has 1 aliphatic carbocycles. The first-order chi connectivity index (χ1) is 12.1. The van der Waals surface area contributed by atoms with Gasteiger partial charge in [-0.05, 0) is 31.9 Å². The SMILES string of the molecule is Cc1cc(NC(=O)C2(C(=O)Nc3cccc4cccnc34)CC2)no1. The second kappa shape index (κ2) is 5.70. The van der Waals surface area contributed by atoms with Crippen molar-refractivity contribution in [1.82, 2.24) is 10.1 Å². The lowest BCUT2D eigenvalue weighted by molar-refractivity contribution is -0.131.